The highest BCUT2D eigenvalue weighted by Crippen LogP contribution is 2.48. The van der Waals surface area contributed by atoms with Crippen LogP contribution in [-0.4, -0.2) is 56.7 Å². The predicted molar refractivity (Wildman–Crippen MR) is 81.9 cm³/mol. The van der Waals surface area contributed by atoms with Crippen molar-refractivity contribution < 1.29 is 20.8 Å². The molecule has 27 heavy (non-hydrogen) atoms. The Morgan fingerprint density at radius 2 is 1.11 bits per heavy atom. The fourth-order valence-corrected chi connectivity index (χ4v) is 3.00. The first-order valence-electron chi connectivity index (χ1n) is 7.36. The van der Waals surface area contributed by atoms with E-state index in [9.17, 15) is 41.7 Å². The van der Waals surface area contributed by atoms with Crippen LogP contribution in [0.2, 0.25) is 0 Å². The van der Waals surface area contributed by atoms with E-state index in [2.05, 4.69) is 10.2 Å². The summed E-state index contributed by atoms with van der Waals surface area (Å²) in [6.45, 7) is 0. The Bertz CT molecular complexity index is 735. The normalized spacial score (nSPS) is 18.5. The van der Waals surface area contributed by atoms with Crippen molar-refractivity contribution in [3.8, 4) is 5.69 Å². The van der Waals surface area contributed by atoms with Gasteiger partial charge < -0.3 is 41.7 Å². The van der Waals surface area contributed by atoms with E-state index in [1.807, 2.05) is 0 Å². The van der Waals surface area contributed by atoms with Gasteiger partial charge >= 0.3 is 0 Å². The molecule has 0 aliphatic heterocycles. The molecule has 0 amide bonds. The Balaban J connectivity index is 2.32. The second-order valence-corrected chi connectivity index (χ2v) is 5.75. The number of hydrogen-bond acceptors (Lipinski definition) is 14. The maximum absolute atomic E-state index is 11.7. The highest BCUT2D eigenvalue weighted by Gasteiger charge is 2.54. The number of rotatable bonds is 5. The fourth-order valence-electron chi connectivity index (χ4n) is 3.00. The lowest BCUT2D eigenvalue weighted by Crippen LogP contribution is -2.61. The van der Waals surface area contributed by atoms with E-state index in [0.717, 1.165) is 4.80 Å². The Hall–Kier alpha value is -2.12. The average Bonchev–Trinajstić information content (AvgIpc) is 3.06. The third kappa shape index (κ3) is 2.72. The Morgan fingerprint density at radius 3 is 1.44 bits per heavy atom. The van der Waals surface area contributed by atoms with Crippen molar-refractivity contribution in [3.63, 3.8) is 0 Å². The minimum Gasteiger partial charge on any atom is -0.760 e. The van der Waals surface area contributed by atoms with Crippen molar-refractivity contribution >= 4 is 0 Å². The summed E-state index contributed by atoms with van der Waals surface area (Å²) in [5, 5.41) is 88.7. The number of nitrogens with zero attached hydrogens (tertiary/aromatic N) is 7. The number of aromatic nitrogens is 3. The minimum absolute atomic E-state index is 0.242. The number of benzene rings is 1. The lowest BCUT2D eigenvalue weighted by Gasteiger charge is -2.58. The third-order valence-electron chi connectivity index (χ3n) is 4.45. The van der Waals surface area contributed by atoms with E-state index >= 15 is 0 Å². The third-order valence-corrected chi connectivity index (χ3v) is 4.45. The van der Waals surface area contributed by atoms with Gasteiger partial charge in [0.15, 0.2) is 0 Å². The SMILES string of the molecule is [O-]N(O)C1(N([O-])O)CCC(N([O-])O)(N([O-])O)c2nn(-c3ccccc3)nc21. The lowest BCUT2D eigenvalue weighted by atomic mass is 9.83. The van der Waals surface area contributed by atoms with E-state index in [-0.39, 0.29) is 5.69 Å². The van der Waals surface area contributed by atoms with Crippen LogP contribution >= 0.6 is 0 Å². The highest BCUT2D eigenvalue weighted by atomic mass is 16.9. The van der Waals surface area contributed by atoms with E-state index in [1.165, 1.54) is 12.1 Å². The van der Waals surface area contributed by atoms with Crippen molar-refractivity contribution in [1.82, 2.24) is 35.9 Å². The van der Waals surface area contributed by atoms with Crippen LogP contribution in [0.15, 0.2) is 30.3 Å². The average molecular weight is 383 g/mol. The van der Waals surface area contributed by atoms with Crippen LogP contribution < -0.4 is 0 Å². The molecule has 1 aliphatic carbocycles. The molecule has 0 unspecified atom stereocenters. The summed E-state index contributed by atoms with van der Waals surface area (Å²) >= 11 is 0. The first-order valence-corrected chi connectivity index (χ1v) is 7.36. The molecule has 0 atom stereocenters. The van der Waals surface area contributed by atoms with Crippen LogP contribution in [-0.2, 0) is 11.3 Å². The van der Waals surface area contributed by atoms with E-state index in [0.29, 0.717) is 0 Å². The summed E-state index contributed by atoms with van der Waals surface area (Å²) in [6.07, 6.45) is -1.77. The van der Waals surface area contributed by atoms with Crippen LogP contribution in [0.1, 0.15) is 24.2 Å². The van der Waals surface area contributed by atoms with Gasteiger partial charge in [-0.2, -0.15) is 4.80 Å². The molecule has 0 radical (unpaired) electrons. The molecule has 1 heterocycles. The van der Waals surface area contributed by atoms with E-state index in [1.54, 1.807) is 18.2 Å². The highest BCUT2D eigenvalue weighted by molar-refractivity contribution is 5.34. The van der Waals surface area contributed by atoms with Gasteiger partial charge in [-0.1, -0.05) is 18.2 Å². The molecule has 15 heteroatoms. The largest absolute Gasteiger partial charge is 0.760 e. The molecule has 148 valence electrons. The Kier molecular flexibility index (Phi) is 4.94. The second-order valence-electron chi connectivity index (χ2n) is 5.75. The Morgan fingerprint density at radius 1 is 0.741 bits per heavy atom. The molecule has 1 aliphatic rings. The van der Waals surface area contributed by atoms with Crippen LogP contribution in [0.4, 0.5) is 0 Å². The van der Waals surface area contributed by atoms with Gasteiger partial charge in [-0.05, 0) is 25.0 Å². The van der Waals surface area contributed by atoms with Crippen molar-refractivity contribution in [3.05, 3.63) is 62.5 Å². The van der Waals surface area contributed by atoms with Gasteiger partial charge in [-0.15, -0.1) is 10.2 Å². The molecule has 0 saturated heterocycles. The Labute approximate surface area is 150 Å². The standard InChI is InChI=1S/C12H13N7O8/c20-16(21)11(17(22)23)6-7-12(18(24)25,19(26)27)10-9(11)13-15(14-10)8-4-2-1-3-5-8/h1-5,20,22,24,26H,6-7H2/q-4. The first-order chi connectivity index (χ1) is 12.7. The molecule has 3 rings (SSSR count). The minimum atomic E-state index is -2.79. The van der Waals surface area contributed by atoms with Gasteiger partial charge in [-0.3, -0.25) is 0 Å². The molecule has 0 fully saturated rings. The van der Waals surface area contributed by atoms with Gasteiger partial charge in [0.25, 0.3) is 0 Å². The van der Waals surface area contributed by atoms with Gasteiger partial charge in [-0.25, -0.2) is 20.9 Å². The van der Waals surface area contributed by atoms with Crippen molar-refractivity contribution in [2.45, 2.75) is 24.2 Å². The maximum Gasteiger partial charge on any atom is 0.142 e. The molecule has 1 aromatic carbocycles. The smallest absolute Gasteiger partial charge is 0.142 e. The summed E-state index contributed by atoms with van der Waals surface area (Å²) < 4.78 is 0. The monoisotopic (exact) mass is 383 g/mol. The molecule has 15 nitrogen and oxygen atoms in total. The van der Waals surface area contributed by atoms with Crippen molar-refractivity contribution in [1.29, 1.82) is 0 Å². The zero-order valence-corrected chi connectivity index (χ0v) is 13.4. The number of para-hydroxylation sites is 1. The fraction of sp³-hybridized carbons (Fsp3) is 0.333. The molecule has 0 bridgehead atoms. The molecule has 0 spiro atoms. The number of fused-ring (bicyclic) bond motifs is 1. The summed E-state index contributed by atoms with van der Waals surface area (Å²) in [6, 6.07) is 7.78. The topological polar surface area (TPSA) is 217 Å². The summed E-state index contributed by atoms with van der Waals surface area (Å²) in [7, 11) is 0. The van der Waals surface area contributed by atoms with Crippen LogP contribution in [0.3, 0.4) is 0 Å². The predicted octanol–water partition coefficient (Wildman–Crippen LogP) is 0.123. The second kappa shape index (κ2) is 6.80. The lowest BCUT2D eigenvalue weighted by molar-refractivity contribution is -0.317. The molecule has 0 saturated carbocycles. The van der Waals surface area contributed by atoms with Crippen molar-refractivity contribution in [2.75, 3.05) is 0 Å². The van der Waals surface area contributed by atoms with Gasteiger partial charge in [0.05, 0.1) is 5.69 Å². The molecule has 1 aromatic heterocycles. The molecular weight excluding hydrogens is 370 g/mol. The molecule has 2 aromatic rings. The number of hydrogen-bond donors (Lipinski definition) is 4. The molecule has 4 N–H and O–H groups in total. The number of hydroxylamine groups is 8. The van der Waals surface area contributed by atoms with E-state index < -0.39 is 56.5 Å². The van der Waals surface area contributed by atoms with Crippen LogP contribution in [0, 0.1) is 20.8 Å². The molecular formula is C12H13N7O8-4. The maximum atomic E-state index is 11.7. The summed E-state index contributed by atoms with van der Waals surface area (Å²) in [5.74, 6) is 0. The first kappa shape index (κ1) is 19.6. The van der Waals surface area contributed by atoms with Crippen molar-refractivity contribution in [2.24, 2.45) is 0 Å². The van der Waals surface area contributed by atoms with Crippen LogP contribution in [0.25, 0.3) is 5.69 Å². The van der Waals surface area contributed by atoms with Gasteiger partial charge in [0, 0.05) is 0 Å². The summed E-state index contributed by atoms with van der Waals surface area (Å²) in [5.41, 5.74) is -6.99. The quantitative estimate of drug-likeness (QED) is 0.398. The van der Waals surface area contributed by atoms with Crippen LogP contribution in [0.5, 0.6) is 0 Å². The summed E-state index contributed by atoms with van der Waals surface area (Å²) in [4.78, 5) is 0.791. The zero-order chi connectivity index (χ0) is 20.0. The van der Waals surface area contributed by atoms with Gasteiger partial charge in [0.1, 0.15) is 22.7 Å². The zero-order valence-electron chi connectivity index (χ0n) is 13.4. The van der Waals surface area contributed by atoms with E-state index in [4.69, 9.17) is 0 Å². The van der Waals surface area contributed by atoms with Gasteiger partial charge in [0.2, 0.25) is 0 Å².